The fraction of sp³-hybridized carbons (Fsp3) is 0.355. The summed E-state index contributed by atoms with van der Waals surface area (Å²) < 4.78 is 32.4. The molecule has 0 spiro atoms. The van der Waals surface area contributed by atoms with Crippen LogP contribution in [0.5, 0.6) is 5.75 Å². The van der Waals surface area contributed by atoms with Gasteiger partial charge in [0.25, 0.3) is 0 Å². The smallest absolute Gasteiger partial charge is 0.243 e. The molecule has 2 amide bonds. The van der Waals surface area contributed by atoms with Gasteiger partial charge in [0.2, 0.25) is 21.8 Å². The first kappa shape index (κ1) is 32.0. The Morgan fingerprint density at radius 2 is 1.59 bits per heavy atom. The highest BCUT2D eigenvalue weighted by molar-refractivity contribution is 7.92. The molecule has 0 aliphatic carbocycles. The molecule has 220 valence electrons. The number of likely N-dealkylation sites (N-methyl/N-ethyl adjacent to an activating group) is 1. The SMILES string of the molecule is CCNC(=O)C(Cc1ccccc1)N(Cc1ccc(Cl)cc1)C(=O)CCCN(c1ccccc1OCC)S(C)(=O)=O. The van der Waals surface area contributed by atoms with E-state index in [0.717, 1.165) is 17.4 Å². The van der Waals surface area contributed by atoms with Gasteiger partial charge in [0.15, 0.2) is 0 Å². The molecule has 0 bridgehead atoms. The van der Waals surface area contributed by atoms with Crippen LogP contribution >= 0.6 is 11.6 Å². The molecule has 0 saturated heterocycles. The van der Waals surface area contributed by atoms with Gasteiger partial charge < -0.3 is 15.0 Å². The normalized spacial score (nSPS) is 11.9. The quantitative estimate of drug-likeness (QED) is 0.263. The zero-order chi connectivity index (χ0) is 29.8. The summed E-state index contributed by atoms with van der Waals surface area (Å²) in [5.41, 5.74) is 2.17. The molecule has 1 atom stereocenters. The fourth-order valence-electron chi connectivity index (χ4n) is 4.56. The van der Waals surface area contributed by atoms with Crippen molar-refractivity contribution >= 4 is 39.1 Å². The monoisotopic (exact) mass is 599 g/mol. The molecule has 0 saturated carbocycles. The van der Waals surface area contributed by atoms with Gasteiger partial charge in [-0.25, -0.2) is 8.42 Å². The van der Waals surface area contributed by atoms with Crippen LogP contribution in [0.2, 0.25) is 5.02 Å². The molecular weight excluding hydrogens is 562 g/mol. The van der Waals surface area contributed by atoms with Crippen molar-refractivity contribution in [3.8, 4) is 5.75 Å². The summed E-state index contributed by atoms with van der Waals surface area (Å²) in [6.07, 6.45) is 1.76. The van der Waals surface area contributed by atoms with Gasteiger partial charge in [0, 0.05) is 37.5 Å². The van der Waals surface area contributed by atoms with E-state index in [4.69, 9.17) is 16.3 Å². The van der Waals surface area contributed by atoms with E-state index in [2.05, 4.69) is 5.32 Å². The summed E-state index contributed by atoms with van der Waals surface area (Å²) in [5, 5.41) is 3.45. The van der Waals surface area contributed by atoms with Crippen LogP contribution in [0.3, 0.4) is 0 Å². The molecule has 0 radical (unpaired) electrons. The lowest BCUT2D eigenvalue weighted by atomic mass is 10.0. The van der Waals surface area contributed by atoms with Gasteiger partial charge in [0.1, 0.15) is 11.8 Å². The van der Waals surface area contributed by atoms with E-state index in [-0.39, 0.29) is 37.7 Å². The Kier molecular flexibility index (Phi) is 12.0. The Balaban J connectivity index is 1.87. The molecule has 41 heavy (non-hydrogen) atoms. The zero-order valence-electron chi connectivity index (χ0n) is 23.8. The topological polar surface area (TPSA) is 96.0 Å². The van der Waals surface area contributed by atoms with Gasteiger partial charge >= 0.3 is 0 Å². The van der Waals surface area contributed by atoms with Gasteiger partial charge in [-0.3, -0.25) is 13.9 Å². The third kappa shape index (κ3) is 9.50. The average molecular weight is 600 g/mol. The van der Waals surface area contributed by atoms with Crippen LogP contribution in [0.4, 0.5) is 5.69 Å². The van der Waals surface area contributed by atoms with Gasteiger partial charge in [-0.15, -0.1) is 0 Å². The average Bonchev–Trinajstić information content (AvgIpc) is 2.94. The Labute approximate surface area is 248 Å². The van der Waals surface area contributed by atoms with E-state index in [9.17, 15) is 18.0 Å². The number of para-hydroxylation sites is 2. The number of carbonyl (C=O) groups is 2. The number of carbonyl (C=O) groups excluding carboxylic acids is 2. The van der Waals surface area contributed by atoms with Crippen molar-refractivity contribution in [2.45, 2.75) is 45.7 Å². The Morgan fingerprint density at radius 3 is 2.22 bits per heavy atom. The standard InChI is InChI=1S/C31H38ClN3O5S/c1-4-33-31(37)28(22-24-12-7-6-8-13-24)34(23-25-17-19-26(32)20-18-25)30(36)16-11-21-35(41(3,38)39)27-14-9-10-15-29(27)40-5-2/h6-10,12-15,17-20,28H,4-5,11,16,21-23H2,1-3H3,(H,33,37). The van der Waals surface area contributed by atoms with Crippen molar-refractivity contribution in [3.05, 3.63) is 95.0 Å². The number of nitrogens with zero attached hydrogens (tertiary/aromatic N) is 2. The molecule has 10 heteroatoms. The lowest BCUT2D eigenvalue weighted by Gasteiger charge is -2.32. The number of anilines is 1. The van der Waals surface area contributed by atoms with Crippen molar-refractivity contribution in [3.63, 3.8) is 0 Å². The highest BCUT2D eigenvalue weighted by Gasteiger charge is 2.30. The second kappa shape index (κ2) is 15.4. The number of hydrogen-bond acceptors (Lipinski definition) is 5. The molecule has 0 aromatic heterocycles. The van der Waals surface area contributed by atoms with E-state index >= 15 is 0 Å². The van der Waals surface area contributed by atoms with E-state index in [1.165, 1.54) is 4.31 Å². The summed E-state index contributed by atoms with van der Waals surface area (Å²) in [6.45, 7) is 4.76. The predicted octanol–water partition coefficient (Wildman–Crippen LogP) is 5.06. The van der Waals surface area contributed by atoms with Gasteiger partial charge in [-0.2, -0.15) is 0 Å². The number of amides is 2. The van der Waals surface area contributed by atoms with Crippen molar-refractivity contribution < 1.29 is 22.7 Å². The predicted molar refractivity (Wildman–Crippen MR) is 164 cm³/mol. The maximum absolute atomic E-state index is 13.8. The number of rotatable bonds is 15. The summed E-state index contributed by atoms with van der Waals surface area (Å²) >= 11 is 6.08. The molecule has 0 heterocycles. The molecular formula is C31H38ClN3O5S. The second-order valence-corrected chi connectivity index (χ2v) is 11.9. The van der Waals surface area contributed by atoms with E-state index in [1.54, 1.807) is 41.3 Å². The molecule has 0 aliphatic heterocycles. The maximum atomic E-state index is 13.8. The third-order valence-electron chi connectivity index (χ3n) is 6.47. The van der Waals surface area contributed by atoms with Crippen LogP contribution in [-0.4, -0.2) is 57.1 Å². The van der Waals surface area contributed by atoms with Crippen molar-refractivity contribution in [2.24, 2.45) is 0 Å². The molecule has 0 aliphatic rings. The summed E-state index contributed by atoms with van der Waals surface area (Å²) in [5.74, 6) is -0.0453. The Hall–Kier alpha value is -3.56. The summed E-state index contributed by atoms with van der Waals surface area (Å²) in [4.78, 5) is 28.7. The lowest BCUT2D eigenvalue weighted by Crippen LogP contribution is -2.50. The lowest BCUT2D eigenvalue weighted by molar-refractivity contribution is -0.141. The largest absolute Gasteiger partial charge is 0.492 e. The van der Waals surface area contributed by atoms with Gasteiger partial charge in [-0.1, -0.05) is 66.2 Å². The Morgan fingerprint density at radius 1 is 0.927 bits per heavy atom. The zero-order valence-corrected chi connectivity index (χ0v) is 25.3. The van der Waals surface area contributed by atoms with Gasteiger partial charge in [0.05, 0.1) is 18.6 Å². The number of hydrogen-bond donors (Lipinski definition) is 1. The number of nitrogens with one attached hydrogen (secondary N) is 1. The van der Waals surface area contributed by atoms with E-state index in [1.807, 2.05) is 56.3 Å². The van der Waals surface area contributed by atoms with Crippen molar-refractivity contribution in [2.75, 3.05) is 30.3 Å². The van der Waals surface area contributed by atoms with Crippen LogP contribution in [0.1, 0.15) is 37.8 Å². The maximum Gasteiger partial charge on any atom is 0.243 e. The molecule has 3 aromatic carbocycles. The number of benzene rings is 3. The molecule has 8 nitrogen and oxygen atoms in total. The van der Waals surface area contributed by atoms with Crippen LogP contribution in [0, 0.1) is 0 Å². The minimum absolute atomic E-state index is 0.0428. The minimum atomic E-state index is -3.66. The molecule has 1 N–H and O–H groups in total. The number of sulfonamides is 1. The van der Waals surface area contributed by atoms with Crippen molar-refractivity contribution in [1.29, 1.82) is 0 Å². The minimum Gasteiger partial charge on any atom is -0.492 e. The molecule has 0 fully saturated rings. The third-order valence-corrected chi connectivity index (χ3v) is 7.91. The first-order valence-electron chi connectivity index (χ1n) is 13.7. The van der Waals surface area contributed by atoms with Crippen LogP contribution in [0.15, 0.2) is 78.9 Å². The first-order valence-corrected chi connectivity index (χ1v) is 15.9. The highest BCUT2D eigenvalue weighted by atomic mass is 35.5. The molecule has 3 rings (SSSR count). The van der Waals surface area contributed by atoms with E-state index < -0.39 is 16.1 Å². The molecule has 3 aromatic rings. The van der Waals surface area contributed by atoms with Crippen LogP contribution < -0.4 is 14.4 Å². The fourth-order valence-corrected chi connectivity index (χ4v) is 5.65. The Bertz CT molecular complexity index is 1380. The molecule has 1 unspecified atom stereocenters. The number of ether oxygens (including phenoxy) is 1. The second-order valence-electron chi connectivity index (χ2n) is 9.59. The first-order chi connectivity index (χ1) is 19.6. The summed E-state index contributed by atoms with van der Waals surface area (Å²) in [7, 11) is -3.66. The van der Waals surface area contributed by atoms with Gasteiger partial charge in [-0.05, 0) is 55.7 Å². The van der Waals surface area contributed by atoms with Crippen molar-refractivity contribution in [1.82, 2.24) is 10.2 Å². The number of halogens is 1. The van der Waals surface area contributed by atoms with Crippen LogP contribution in [-0.2, 0) is 32.6 Å². The van der Waals surface area contributed by atoms with Crippen LogP contribution in [0.25, 0.3) is 0 Å². The highest BCUT2D eigenvalue weighted by Crippen LogP contribution is 2.30. The summed E-state index contributed by atoms with van der Waals surface area (Å²) in [6, 6.07) is 22.9. The van der Waals surface area contributed by atoms with E-state index in [0.29, 0.717) is 36.0 Å².